The van der Waals surface area contributed by atoms with Gasteiger partial charge < -0.3 is 4.74 Å². The fourth-order valence-electron chi connectivity index (χ4n) is 1.34. The molecular formula is C10H7ClF5NO2. The second-order valence-corrected chi connectivity index (χ2v) is 3.66. The molecule has 1 heterocycles. The Morgan fingerprint density at radius 1 is 1.47 bits per heavy atom. The number of halogens is 6. The fraction of sp³-hybridized carbons (Fsp3) is 0.400. The second-order valence-electron chi connectivity index (χ2n) is 3.27. The predicted molar refractivity (Wildman–Crippen MR) is 55.2 cm³/mol. The Balaban J connectivity index is 3.54. The van der Waals surface area contributed by atoms with Gasteiger partial charge in [0, 0.05) is 0 Å². The molecule has 0 aromatic carbocycles. The third-order valence-corrected chi connectivity index (χ3v) is 2.20. The Bertz CT molecular complexity index is 490. The van der Waals surface area contributed by atoms with Crippen LogP contribution in [0.2, 0.25) is 5.15 Å². The van der Waals surface area contributed by atoms with E-state index in [1.54, 1.807) is 0 Å². The minimum atomic E-state index is -5.15. The zero-order chi connectivity index (χ0) is 14.8. The largest absolute Gasteiger partial charge is 0.462 e. The standard InChI is InChI=1S/C10H7ClF5NO2/c1-2-19-9(18)4-3-5(11)17-7(10(14,15)16)6(4)8(12)13/h3,8H,2H2,1H3. The topological polar surface area (TPSA) is 39.2 Å². The molecule has 0 spiro atoms. The van der Waals surface area contributed by atoms with Crippen LogP contribution >= 0.6 is 11.6 Å². The number of esters is 1. The molecule has 0 atom stereocenters. The zero-order valence-electron chi connectivity index (χ0n) is 9.39. The number of ether oxygens (including phenoxy) is 1. The van der Waals surface area contributed by atoms with Crippen LogP contribution in [0.1, 0.15) is 35.0 Å². The lowest BCUT2D eigenvalue weighted by Gasteiger charge is -2.15. The van der Waals surface area contributed by atoms with Gasteiger partial charge in [-0.25, -0.2) is 18.6 Å². The van der Waals surface area contributed by atoms with E-state index in [1.165, 1.54) is 6.92 Å². The monoisotopic (exact) mass is 303 g/mol. The van der Waals surface area contributed by atoms with Crippen molar-refractivity contribution in [2.24, 2.45) is 0 Å². The van der Waals surface area contributed by atoms with Crippen molar-refractivity contribution in [3.8, 4) is 0 Å². The molecule has 0 amide bonds. The maximum atomic E-state index is 12.8. The molecular weight excluding hydrogens is 297 g/mol. The molecule has 0 aliphatic rings. The normalized spacial score (nSPS) is 11.8. The molecule has 9 heteroatoms. The lowest BCUT2D eigenvalue weighted by Crippen LogP contribution is -2.18. The molecule has 0 aliphatic heterocycles. The first kappa shape index (κ1) is 15.6. The van der Waals surface area contributed by atoms with Crippen molar-refractivity contribution < 1.29 is 31.5 Å². The van der Waals surface area contributed by atoms with Gasteiger partial charge in [0.05, 0.1) is 17.7 Å². The van der Waals surface area contributed by atoms with E-state index in [2.05, 4.69) is 9.72 Å². The number of nitrogens with zero attached hydrogens (tertiary/aromatic N) is 1. The summed E-state index contributed by atoms with van der Waals surface area (Å²) in [6.45, 7) is 1.20. The number of rotatable bonds is 3. The Kier molecular flexibility index (Phi) is 4.67. The van der Waals surface area contributed by atoms with Crippen LogP contribution in [0.4, 0.5) is 22.0 Å². The van der Waals surface area contributed by atoms with Gasteiger partial charge in [0.2, 0.25) is 0 Å². The highest BCUT2D eigenvalue weighted by Crippen LogP contribution is 2.38. The number of carbonyl (C=O) groups excluding carboxylic acids is 1. The van der Waals surface area contributed by atoms with Crippen molar-refractivity contribution in [2.75, 3.05) is 6.61 Å². The lowest BCUT2D eigenvalue weighted by atomic mass is 10.1. The highest BCUT2D eigenvalue weighted by atomic mass is 35.5. The molecule has 0 saturated heterocycles. The van der Waals surface area contributed by atoms with Gasteiger partial charge in [0.1, 0.15) is 5.15 Å². The highest BCUT2D eigenvalue weighted by Gasteiger charge is 2.40. The van der Waals surface area contributed by atoms with Gasteiger partial charge in [0.15, 0.2) is 5.69 Å². The Morgan fingerprint density at radius 3 is 2.47 bits per heavy atom. The Hall–Kier alpha value is -1.44. The van der Waals surface area contributed by atoms with E-state index in [9.17, 15) is 26.7 Å². The molecule has 3 nitrogen and oxygen atoms in total. The number of pyridine rings is 1. The lowest BCUT2D eigenvalue weighted by molar-refractivity contribution is -0.143. The molecule has 0 N–H and O–H groups in total. The summed E-state index contributed by atoms with van der Waals surface area (Å²) in [5, 5.41) is -0.722. The summed E-state index contributed by atoms with van der Waals surface area (Å²) in [6, 6.07) is 0.621. The van der Waals surface area contributed by atoms with Crippen molar-refractivity contribution in [3.63, 3.8) is 0 Å². The number of carbonyl (C=O) groups is 1. The first-order valence-electron chi connectivity index (χ1n) is 4.91. The van der Waals surface area contributed by atoms with Gasteiger partial charge in [-0.3, -0.25) is 0 Å². The van der Waals surface area contributed by atoms with E-state index in [0.717, 1.165) is 0 Å². The van der Waals surface area contributed by atoms with Crippen molar-refractivity contribution in [1.82, 2.24) is 4.98 Å². The van der Waals surface area contributed by atoms with Crippen LogP contribution < -0.4 is 0 Å². The van der Waals surface area contributed by atoms with E-state index < -0.39 is 40.5 Å². The van der Waals surface area contributed by atoms with E-state index in [1.807, 2.05) is 0 Å². The molecule has 1 rings (SSSR count). The molecule has 0 bridgehead atoms. The van der Waals surface area contributed by atoms with Crippen LogP contribution in [0.5, 0.6) is 0 Å². The minimum absolute atomic E-state index is 0.178. The predicted octanol–water partition coefficient (Wildman–Crippen LogP) is 3.87. The zero-order valence-corrected chi connectivity index (χ0v) is 10.1. The smallest absolute Gasteiger partial charge is 0.433 e. The van der Waals surface area contributed by atoms with Crippen LogP contribution in [0, 0.1) is 0 Å². The summed E-state index contributed by atoms with van der Waals surface area (Å²) in [4.78, 5) is 14.2. The SMILES string of the molecule is CCOC(=O)c1cc(Cl)nc(C(F)(F)F)c1C(F)F. The Morgan fingerprint density at radius 2 is 2.05 bits per heavy atom. The van der Waals surface area contributed by atoms with Crippen molar-refractivity contribution in [3.05, 3.63) is 28.0 Å². The van der Waals surface area contributed by atoms with Gasteiger partial charge in [-0.15, -0.1) is 0 Å². The average Bonchev–Trinajstić information content (AvgIpc) is 2.26. The van der Waals surface area contributed by atoms with Crippen LogP contribution in [0.15, 0.2) is 6.07 Å². The summed E-state index contributed by atoms with van der Waals surface area (Å²) in [6.07, 6.45) is -8.70. The highest BCUT2D eigenvalue weighted by molar-refractivity contribution is 6.29. The summed E-state index contributed by atoms with van der Waals surface area (Å²) < 4.78 is 67.8. The van der Waals surface area contributed by atoms with Crippen molar-refractivity contribution >= 4 is 17.6 Å². The number of aromatic nitrogens is 1. The molecule has 0 saturated carbocycles. The van der Waals surface area contributed by atoms with E-state index >= 15 is 0 Å². The van der Waals surface area contributed by atoms with Gasteiger partial charge in [0.25, 0.3) is 6.43 Å². The molecule has 0 radical (unpaired) electrons. The van der Waals surface area contributed by atoms with Gasteiger partial charge in [-0.1, -0.05) is 11.6 Å². The van der Waals surface area contributed by atoms with E-state index in [-0.39, 0.29) is 6.61 Å². The second kappa shape index (κ2) is 5.68. The molecule has 0 fully saturated rings. The minimum Gasteiger partial charge on any atom is -0.462 e. The third kappa shape index (κ3) is 3.52. The number of hydrogen-bond acceptors (Lipinski definition) is 3. The summed E-state index contributed by atoms with van der Waals surface area (Å²) >= 11 is 5.31. The summed E-state index contributed by atoms with van der Waals surface area (Å²) in [5.74, 6) is -1.31. The van der Waals surface area contributed by atoms with Gasteiger partial charge in [-0.2, -0.15) is 13.2 Å². The summed E-state index contributed by atoms with van der Waals surface area (Å²) in [5.41, 5.74) is -4.36. The van der Waals surface area contributed by atoms with Crippen molar-refractivity contribution in [2.45, 2.75) is 19.5 Å². The van der Waals surface area contributed by atoms with Crippen LogP contribution in [0.25, 0.3) is 0 Å². The van der Waals surface area contributed by atoms with Gasteiger partial charge >= 0.3 is 12.1 Å². The maximum absolute atomic E-state index is 12.8. The third-order valence-electron chi connectivity index (χ3n) is 2.01. The first-order valence-corrected chi connectivity index (χ1v) is 5.29. The first-order chi connectivity index (χ1) is 8.68. The molecule has 1 aromatic rings. The molecule has 19 heavy (non-hydrogen) atoms. The average molecular weight is 304 g/mol. The van der Waals surface area contributed by atoms with E-state index in [0.29, 0.717) is 6.07 Å². The summed E-state index contributed by atoms with van der Waals surface area (Å²) in [7, 11) is 0. The molecule has 106 valence electrons. The molecule has 0 aliphatic carbocycles. The van der Waals surface area contributed by atoms with Crippen LogP contribution in [0.3, 0.4) is 0 Å². The Labute approximate surface area is 109 Å². The van der Waals surface area contributed by atoms with Crippen molar-refractivity contribution in [1.29, 1.82) is 0 Å². The maximum Gasteiger partial charge on any atom is 0.433 e. The van der Waals surface area contributed by atoms with E-state index in [4.69, 9.17) is 11.6 Å². The fourth-order valence-corrected chi connectivity index (χ4v) is 1.53. The number of hydrogen-bond donors (Lipinski definition) is 0. The number of alkyl halides is 5. The molecule has 0 unspecified atom stereocenters. The van der Waals surface area contributed by atoms with Crippen LogP contribution in [-0.2, 0) is 10.9 Å². The molecule has 1 aromatic heterocycles. The quantitative estimate of drug-likeness (QED) is 0.483. The van der Waals surface area contributed by atoms with Crippen LogP contribution in [-0.4, -0.2) is 17.6 Å². The van der Waals surface area contributed by atoms with Gasteiger partial charge in [-0.05, 0) is 13.0 Å².